The van der Waals surface area contributed by atoms with Gasteiger partial charge in [0.05, 0.1) is 12.0 Å². The molecular formula is C7H10O3. The number of hydrogen-bond acceptors (Lipinski definition) is 2. The lowest BCUT2D eigenvalue weighted by atomic mass is 10.0. The standard InChI is InChI=1S/C7H10O3/c8-6-4-1-3(4)2-5(6)7(9)10/h3-6,8H,1-2H2,(H,9,10)/t3-,4-,5-,6-/m0/s1. The highest BCUT2D eigenvalue weighted by atomic mass is 16.4. The molecule has 0 amide bonds. The third-order valence-corrected chi connectivity index (χ3v) is 2.70. The molecule has 0 aromatic rings. The molecule has 2 fully saturated rings. The molecule has 56 valence electrons. The number of carbonyl (C=O) groups is 1. The topological polar surface area (TPSA) is 57.5 Å². The molecule has 0 aromatic carbocycles. The quantitative estimate of drug-likeness (QED) is 0.545. The minimum Gasteiger partial charge on any atom is -0.481 e. The van der Waals surface area contributed by atoms with E-state index in [-0.39, 0.29) is 0 Å². The van der Waals surface area contributed by atoms with Crippen LogP contribution < -0.4 is 0 Å². The fourth-order valence-electron chi connectivity index (χ4n) is 1.97. The van der Waals surface area contributed by atoms with E-state index in [1.807, 2.05) is 0 Å². The van der Waals surface area contributed by atoms with Crippen molar-refractivity contribution in [3.63, 3.8) is 0 Å². The van der Waals surface area contributed by atoms with E-state index in [4.69, 9.17) is 5.11 Å². The second-order valence-electron chi connectivity index (χ2n) is 3.33. The molecule has 0 aliphatic heterocycles. The van der Waals surface area contributed by atoms with Gasteiger partial charge in [0.25, 0.3) is 0 Å². The summed E-state index contributed by atoms with van der Waals surface area (Å²) in [5, 5.41) is 17.9. The molecule has 0 saturated heterocycles. The molecular weight excluding hydrogens is 132 g/mol. The lowest BCUT2D eigenvalue weighted by Gasteiger charge is -2.11. The summed E-state index contributed by atoms with van der Waals surface area (Å²) in [6.45, 7) is 0. The van der Waals surface area contributed by atoms with E-state index in [0.717, 1.165) is 6.42 Å². The Morgan fingerprint density at radius 3 is 2.40 bits per heavy atom. The molecule has 3 heteroatoms. The zero-order chi connectivity index (χ0) is 7.30. The van der Waals surface area contributed by atoms with Crippen molar-refractivity contribution in [2.45, 2.75) is 18.9 Å². The largest absolute Gasteiger partial charge is 0.481 e. The van der Waals surface area contributed by atoms with E-state index in [1.54, 1.807) is 0 Å². The summed E-state index contributed by atoms with van der Waals surface area (Å²) in [7, 11) is 0. The second kappa shape index (κ2) is 1.72. The highest BCUT2D eigenvalue weighted by Crippen LogP contribution is 2.54. The molecule has 0 spiro atoms. The third kappa shape index (κ3) is 0.669. The maximum atomic E-state index is 10.4. The summed E-state index contributed by atoms with van der Waals surface area (Å²) in [4.78, 5) is 10.4. The fourth-order valence-corrected chi connectivity index (χ4v) is 1.97. The van der Waals surface area contributed by atoms with Crippen molar-refractivity contribution in [3.8, 4) is 0 Å². The fraction of sp³-hybridized carbons (Fsp3) is 0.857. The third-order valence-electron chi connectivity index (χ3n) is 2.70. The van der Waals surface area contributed by atoms with E-state index >= 15 is 0 Å². The van der Waals surface area contributed by atoms with Gasteiger partial charge in [-0.1, -0.05) is 0 Å². The minimum atomic E-state index is -0.834. The molecule has 2 aliphatic carbocycles. The molecule has 3 nitrogen and oxygen atoms in total. The van der Waals surface area contributed by atoms with Gasteiger partial charge in [0.2, 0.25) is 0 Å². The second-order valence-corrected chi connectivity index (χ2v) is 3.33. The van der Waals surface area contributed by atoms with Gasteiger partial charge in [0.15, 0.2) is 0 Å². The van der Waals surface area contributed by atoms with E-state index < -0.39 is 18.0 Å². The molecule has 0 unspecified atom stereocenters. The zero-order valence-corrected chi connectivity index (χ0v) is 5.53. The Morgan fingerprint density at radius 1 is 1.40 bits per heavy atom. The number of aliphatic hydroxyl groups is 1. The van der Waals surface area contributed by atoms with Crippen LogP contribution in [0, 0.1) is 17.8 Å². The Balaban J connectivity index is 2.07. The lowest BCUT2D eigenvalue weighted by molar-refractivity contribution is -0.145. The van der Waals surface area contributed by atoms with Crippen molar-refractivity contribution in [2.75, 3.05) is 0 Å². The Morgan fingerprint density at radius 2 is 2.10 bits per heavy atom. The van der Waals surface area contributed by atoms with Gasteiger partial charge in [-0.25, -0.2) is 0 Å². The van der Waals surface area contributed by atoms with Gasteiger partial charge in [-0.3, -0.25) is 4.79 Å². The average Bonchev–Trinajstić information content (AvgIpc) is 2.54. The Kier molecular flexibility index (Phi) is 1.06. The molecule has 0 heterocycles. The van der Waals surface area contributed by atoms with E-state index in [2.05, 4.69) is 0 Å². The first-order chi connectivity index (χ1) is 4.70. The first-order valence-corrected chi connectivity index (χ1v) is 3.61. The van der Waals surface area contributed by atoms with Crippen molar-refractivity contribution in [1.82, 2.24) is 0 Å². The van der Waals surface area contributed by atoms with Crippen LogP contribution >= 0.6 is 0 Å². The van der Waals surface area contributed by atoms with E-state index in [0.29, 0.717) is 18.3 Å². The predicted octanol–water partition coefficient (Wildman–Crippen LogP) is 0.0879. The van der Waals surface area contributed by atoms with Gasteiger partial charge in [-0.05, 0) is 24.7 Å². The highest BCUT2D eigenvalue weighted by Gasteiger charge is 2.55. The molecule has 2 N–H and O–H groups in total. The van der Waals surface area contributed by atoms with Crippen molar-refractivity contribution in [3.05, 3.63) is 0 Å². The summed E-state index contributed by atoms with van der Waals surface area (Å²) >= 11 is 0. The normalized spacial score (nSPS) is 50.5. The lowest BCUT2D eigenvalue weighted by Crippen LogP contribution is -2.25. The molecule has 0 bridgehead atoms. The van der Waals surface area contributed by atoms with E-state index in [9.17, 15) is 9.90 Å². The Labute approximate surface area is 58.7 Å². The first-order valence-electron chi connectivity index (χ1n) is 3.61. The van der Waals surface area contributed by atoms with Crippen LogP contribution in [0.25, 0.3) is 0 Å². The molecule has 10 heavy (non-hydrogen) atoms. The van der Waals surface area contributed by atoms with Gasteiger partial charge in [0.1, 0.15) is 0 Å². The molecule has 4 atom stereocenters. The van der Waals surface area contributed by atoms with Crippen LogP contribution in [0.1, 0.15) is 12.8 Å². The predicted molar refractivity (Wildman–Crippen MR) is 33.3 cm³/mol. The number of aliphatic hydroxyl groups excluding tert-OH is 1. The van der Waals surface area contributed by atoms with Crippen molar-refractivity contribution in [1.29, 1.82) is 0 Å². The van der Waals surface area contributed by atoms with Crippen LogP contribution in [0.5, 0.6) is 0 Å². The zero-order valence-electron chi connectivity index (χ0n) is 5.53. The van der Waals surface area contributed by atoms with Crippen molar-refractivity contribution < 1.29 is 15.0 Å². The maximum absolute atomic E-state index is 10.4. The van der Waals surface area contributed by atoms with Gasteiger partial charge in [-0.15, -0.1) is 0 Å². The minimum absolute atomic E-state index is 0.320. The number of aliphatic carboxylic acids is 1. The number of carboxylic acid groups (broad SMARTS) is 1. The molecule has 2 aliphatic rings. The number of fused-ring (bicyclic) bond motifs is 1. The summed E-state index contributed by atoms with van der Waals surface area (Å²) < 4.78 is 0. The first kappa shape index (κ1) is 6.16. The summed E-state index contributed by atoms with van der Waals surface area (Å²) in [6, 6.07) is 0. The van der Waals surface area contributed by atoms with Crippen LogP contribution in [0.4, 0.5) is 0 Å². The van der Waals surface area contributed by atoms with Gasteiger partial charge in [0, 0.05) is 0 Å². The van der Waals surface area contributed by atoms with Crippen LogP contribution in [0.3, 0.4) is 0 Å². The Bertz CT molecular complexity index is 178. The number of hydrogen-bond donors (Lipinski definition) is 2. The summed E-state index contributed by atoms with van der Waals surface area (Å²) in [5.41, 5.74) is 0. The maximum Gasteiger partial charge on any atom is 0.309 e. The van der Waals surface area contributed by atoms with Crippen LogP contribution in [0.15, 0.2) is 0 Å². The number of carboxylic acids is 1. The van der Waals surface area contributed by atoms with Crippen LogP contribution in [-0.2, 0) is 4.79 Å². The van der Waals surface area contributed by atoms with E-state index in [1.165, 1.54) is 0 Å². The van der Waals surface area contributed by atoms with Crippen LogP contribution in [0.2, 0.25) is 0 Å². The van der Waals surface area contributed by atoms with Crippen LogP contribution in [-0.4, -0.2) is 22.3 Å². The van der Waals surface area contributed by atoms with Gasteiger partial charge < -0.3 is 10.2 Å². The number of rotatable bonds is 1. The molecule has 2 rings (SSSR count). The van der Waals surface area contributed by atoms with Crippen molar-refractivity contribution >= 4 is 5.97 Å². The monoisotopic (exact) mass is 142 g/mol. The van der Waals surface area contributed by atoms with Crippen molar-refractivity contribution in [2.24, 2.45) is 17.8 Å². The Hall–Kier alpha value is -0.570. The van der Waals surface area contributed by atoms with Gasteiger partial charge >= 0.3 is 5.97 Å². The SMILES string of the molecule is O=C(O)[C@H]1C[C@@H]2C[C@@H]2[C@@H]1O. The smallest absolute Gasteiger partial charge is 0.309 e. The molecule has 2 saturated carbocycles. The average molecular weight is 142 g/mol. The highest BCUT2D eigenvalue weighted by molar-refractivity contribution is 5.71. The summed E-state index contributed by atoms with van der Waals surface area (Å²) in [5.74, 6) is -0.458. The summed E-state index contributed by atoms with van der Waals surface area (Å²) in [6.07, 6.45) is 1.19. The molecule has 0 aromatic heterocycles. The molecule has 0 radical (unpaired) electrons. The van der Waals surface area contributed by atoms with Gasteiger partial charge in [-0.2, -0.15) is 0 Å².